The molecule has 0 saturated heterocycles. The minimum atomic E-state index is -0.144. The summed E-state index contributed by atoms with van der Waals surface area (Å²) in [5.41, 5.74) is 4.03. The summed E-state index contributed by atoms with van der Waals surface area (Å²) in [6, 6.07) is 10.2. The molecule has 2 heteroatoms. The van der Waals surface area contributed by atoms with Gasteiger partial charge in [0, 0.05) is 5.57 Å². The van der Waals surface area contributed by atoms with Gasteiger partial charge in [0.2, 0.25) is 0 Å². The fraction of sp³-hybridized carbons (Fsp3) is 0.167. The van der Waals surface area contributed by atoms with Crippen molar-refractivity contribution >= 4 is 5.91 Å². The van der Waals surface area contributed by atoms with Crippen molar-refractivity contribution in [2.75, 3.05) is 0 Å². The first-order valence-corrected chi connectivity index (χ1v) is 6.98. The summed E-state index contributed by atoms with van der Waals surface area (Å²) in [6.45, 7) is 0. The molecule has 0 aromatic heterocycles. The molecule has 2 nitrogen and oxygen atoms in total. The third-order valence-corrected chi connectivity index (χ3v) is 4.24. The third-order valence-electron chi connectivity index (χ3n) is 4.24. The highest BCUT2D eigenvalue weighted by atomic mass is 16.1. The van der Waals surface area contributed by atoms with Crippen LogP contribution in [-0.2, 0) is 10.3 Å². The standard InChI is InChI=1S/C18H15NO/c20-17(16-10-9-13-5-4-8-15(13)16)19-18(11-12-18)14-6-2-1-3-7-14/h1-10H,11-12H2,(H,19,20). The molecule has 1 amide bonds. The van der Waals surface area contributed by atoms with Gasteiger partial charge in [-0.1, -0.05) is 54.6 Å². The van der Waals surface area contributed by atoms with E-state index in [1.165, 1.54) is 5.56 Å². The monoisotopic (exact) mass is 261 g/mol. The Balaban J connectivity index is 1.55. The summed E-state index contributed by atoms with van der Waals surface area (Å²) in [4.78, 5) is 12.5. The van der Waals surface area contributed by atoms with Crippen molar-refractivity contribution < 1.29 is 4.79 Å². The normalized spacial score (nSPS) is 20.9. The number of allylic oxidation sites excluding steroid dienone is 6. The van der Waals surface area contributed by atoms with Crippen LogP contribution >= 0.6 is 0 Å². The molecule has 98 valence electrons. The zero-order valence-corrected chi connectivity index (χ0v) is 11.1. The molecule has 0 spiro atoms. The number of amides is 1. The number of hydrogen-bond acceptors (Lipinski definition) is 1. The number of hydrogen-bond donors (Lipinski definition) is 1. The molecule has 0 aliphatic heterocycles. The topological polar surface area (TPSA) is 29.1 Å². The largest absolute Gasteiger partial charge is 0.343 e. The van der Waals surface area contributed by atoms with E-state index in [2.05, 4.69) is 17.4 Å². The molecule has 0 heterocycles. The van der Waals surface area contributed by atoms with Crippen LogP contribution in [0.5, 0.6) is 0 Å². The molecule has 1 saturated carbocycles. The molecule has 1 fully saturated rings. The van der Waals surface area contributed by atoms with Crippen LogP contribution in [0.1, 0.15) is 18.4 Å². The van der Waals surface area contributed by atoms with Gasteiger partial charge < -0.3 is 5.32 Å². The number of carbonyl (C=O) groups excluding carboxylic acids is 1. The van der Waals surface area contributed by atoms with Crippen molar-refractivity contribution in [2.24, 2.45) is 0 Å². The second kappa shape index (κ2) is 4.07. The first kappa shape index (κ1) is 11.5. The van der Waals surface area contributed by atoms with Crippen molar-refractivity contribution in [3.63, 3.8) is 0 Å². The van der Waals surface area contributed by atoms with E-state index in [9.17, 15) is 4.79 Å². The number of benzene rings is 1. The Labute approximate surface area is 118 Å². The average Bonchev–Trinajstić information content (AvgIpc) is 2.93. The molecule has 4 rings (SSSR count). The van der Waals surface area contributed by atoms with E-state index in [4.69, 9.17) is 0 Å². The van der Waals surface area contributed by atoms with Crippen LogP contribution in [-0.4, -0.2) is 5.91 Å². The van der Waals surface area contributed by atoms with Crippen LogP contribution in [0.25, 0.3) is 0 Å². The van der Waals surface area contributed by atoms with E-state index in [1.807, 2.05) is 48.6 Å². The molecule has 3 aliphatic carbocycles. The maximum absolute atomic E-state index is 12.5. The maximum Gasteiger partial charge on any atom is 0.252 e. The quantitative estimate of drug-likeness (QED) is 0.889. The van der Waals surface area contributed by atoms with Gasteiger partial charge in [-0.15, -0.1) is 0 Å². The van der Waals surface area contributed by atoms with Crippen molar-refractivity contribution in [2.45, 2.75) is 18.4 Å². The van der Waals surface area contributed by atoms with Gasteiger partial charge in [0.05, 0.1) is 5.54 Å². The second-order valence-electron chi connectivity index (χ2n) is 5.54. The lowest BCUT2D eigenvalue weighted by Gasteiger charge is -2.19. The Hall–Kier alpha value is -2.35. The van der Waals surface area contributed by atoms with E-state index in [-0.39, 0.29) is 11.4 Å². The van der Waals surface area contributed by atoms with E-state index >= 15 is 0 Å². The van der Waals surface area contributed by atoms with Crippen molar-refractivity contribution in [1.29, 1.82) is 0 Å². The minimum Gasteiger partial charge on any atom is -0.343 e. The summed E-state index contributed by atoms with van der Waals surface area (Å²) in [5, 5.41) is 3.23. The number of fused-ring (bicyclic) bond motifs is 1. The lowest BCUT2D eigenvalue weighted by molar-refractivity contribution is -0.118. The van der Waals surface area contributed by atoms with E-state index in [1.54, 1.807) is 0 Å². The highest BCUT2D eigenvalue weighted by Crippen LogP contribution is 2.46. The molecule has 0 bridgehead atoms. The molecule has 0 atom stereocenters. The summed E-state index contributed by atoms with van der Waals surface area (Å²) >= 11 is 0. The Kier molecular flexibility index (Phi) is 2.34. The molecule has 0 unspecified atom stereocenters. The zero-order chi connectivity index (χ0) is 13.6. The van der Waals surface area contributed by atoms with Gasteiger partial charge in [-0.05, 0) is 35.6 Å². The van der Waals surface area contributed by atoms with Crippen molar-refractivity contribution in [3.8, 4) is 0 Å². The first-order valence-electron chi connectivity index (χ1n) is 6.98. The van der Waals surface area contributed by atoms with Gasteiger partial charge >= 0.3 is 0 Å². The van der Waals surface area contributed by atoms with Crippen LogP contribution in [0, 0.1) is 0 Å². The smallest absolute Gasteiger partial charge is 0.252 e. The number of carbonyl (C=O) groups is 1. The van der Waals surface area contributed by atoms with Gasteiger partial charge in [-0.25, -0.2) is 0 Å². The van der Waals surface area contributed by atoms with E-state index in [0.29, 0.717) is 0 Å². The fourth-order valence-corrected chi connectivity index (χ4v) is 2.94. The SMILES string of the molecule is O=C(NC1(c2ccccc2)CC1)C1=CC=C2C=CC=C21. The summed E-state index contributed by atoms with van der Waals surface area (Å²) in [5.74, 6) is 0.0348. The zero-order valence-electron chi connectivity index (χ0n) is 11.1. The van der Waals surface area contributed by atoms with Crippen molar-refractivity contribution in [1.82, 2.24) is 5.32 Å². The Morgan fingerprint density at radius 1 is 1.05 bits per heavy atom. The maximum atomic E-state index is 12.5. The van der Waals surface area contributed by atoms with Crippen LogP contribution in [0.3, 0.4) is 0 Å². The molecule has 0 radical (unpaired) electrons. The van der Waals surface area contributed by atoms with Crippen LogP contribution in [0.2, 0.25) is 0 Å². The molecular weight excluding hydrogens is 246 g/mol. The second-order valence-corrected chi connectivity index (χ2v) is 5.54. The van der Waals surface area contributed by atoms with Crippen LogP contribution in [0.4, 0.5) is 0 Å². The predicted octanol–water partition coefficient (Wildman–Crippen LogP) is 3.15. The van der Waals surface area contributed by atoms with Gasteiger partial charge in [0.15, 0.2) is 0 Å². The summed E-state index contributed by atoms with van der Waals surface area (Å²) < 4.78 is 0. The van der Waals surface area contributed by atoms with Gasteiger partial charge in [0.1, 0.15) is 0 Å². The molecule has 1 N–H and O–H groups in total. The molecule has 1 aromatic rings. The van der Waals surface area contributed by atoms with E-state index in [0.717, 1.165) is 29.6 Å². The Morgan fingerprint density at radius 2 is 1.85 bits per heavy atom. The lowest BCUT2D eigenvalue weighted by Crippen LogP contribution is -2.35. The highest BCUT2D eigenvalue weighted by Gasteiger charge is 2.46. The first-order chi connectivity index (χ1) is 9.78. The highest BCUT2D eigenvalue weighted by molar-refractivity contribution is 6.02. The van der Waals surface area contributed by atoms with Gasteiger partial charge in [-0.3, -0.25) is 4.79 Å². The minimum absolute atomic E-state index is 0.0348. The Morgan fingerprint density at radius 3 is 2.60 bits per heavy atom. The van der Waals surface area contributed by atoms with Crippen LogP contribution in [0.15, 0.2) is 77.4 Å². The van der Waals surface area contributed by atoms with Crippen molar-refractivity contribution in [3.05, 3.63) is 83.0 Å². The molecular formula is C18H15NO. The third kappa shape index (κ3) is 1.68. The fourth-order valence-electron chi connectivity index (χ4n) is 2.94. The Bertz CT molecular complexity index is 700. The average molecular weight is 261 g/mol. The summed E-state index contributed by atoms with van der Waals surface area (Å²) in [6.07, 6.45) is 12.0. The predicted molar refractivity (Wildman–Crippen MR) is 78.9 cm³/mol. The number of nitrogens with one attached hydrogen (secondary N) is 1. The molecule has 20 heavy (non-hydrogen) atoms. The van der Waals surface area contributed by atoms with Crippen LogP contribution < -0.4 is 5.32 Å². The van der Waals surface area contributed by atoms with Gasteiger partial charge in [0.25, 0.3) is 5.91 Å². The van der Waals surface area contributed by atoms with Gasteiger partial charge in [-0.2, -0.15) is 0 Å². The lowest BCUT2D eigenvalue weighted by atomic mass is 10.0. The number of rotatable bonds is 3. The molecule has 3 aliphatic rings. The summed E-state index contributed by atoms with van der Waals surface area (Å²) in [7, 11) is 0. The van der Waals surface area contributed by atoms with E-state index < -0.39 is 0 Å². The molecule has 1 aromatic carbocycles.